The third kappa shape index (κ3) is 3.50. The highest BCUT2D eigenvalue weighted by Crippen LogP contribution is 2.33. The van der Waals surface area contributed by atoms with Gasteiger partial charge >= 0.3 is 11.9 Å². The van der Waals surface area contributed by atoms with Crippen molar-refractivity contribution in [2.45, 2.75) is 25.7 Å². The van der Waals surface area contributed by atoms with Crippen molar-refractivity contribution in [3.05, 3.63) is 73.7 Å². The molecule has 0 radical (unpaired) electrons. The van der Waals surface area contributed by atoms with Gasteiger partial charge in [0, 0.05) is 54.6 Å². The predicted molar refractivity (Wildman–Crippen MR) is 94.5 cm³/mol. The number of alkyl halides is 3. The zero-order valence-electron chi connectivity index (χ0n) is 14.6. The van der Waals surface area contributed by atoms with Crippen molar-refractivity contribution >= 4 is 0 Å². The summed E-state index contributed by atoms with van der Waals surface area (Å²) in [5.74, 6) is 0. The zero-order valence-corrected chi connectivity index (χ0v) is 14.6. The number of aromatic amines is 3. The molecule has 3 aromatic rings. The Morgan fingerprint density at radius 3 is 2.57 bits per heavy atom. The van der Waals surface area contributed by atoms with Gasteiger partial charge in [-0.05, 0) is 12.1 Å². The lowest BCUT2D eigenvalue weighted by atomic mass is 10.00. The smallest absolute Gasteiger partial charge is 0.314 e. The number of H-pyrrole nitrogens is 3. The molecule has 0 spiro atoms. The van der Waals surface area contributed by atoms with Gasteiger partial charge in [-0.3, -0.25) is 19.8 Å². The largest absolute Gasteiger partial charge is 0.416 e. The highest BCUT2D eigenvalue weighted by Gasteiger charge is 2.30. The summed E-state index contributed by atoms with van der Waals surface area (Å²) in [6.45, 7) is 1.50. The minimum atomic E-state index is -4.38. The van der Waals surface area contributed by atoms with Gasteiger partial charge in [-0.25, -0.2) is 4.79 Å². The molecule has 1 aliphatic heterocycles. The Kier molecular flexibility index (Phi) is 4.42. The Labute approximate surface area is 156 Å². The van der Waals surface area contributed by atoms with Gasteiger partial charge in [-0.1, -0.05) is 12.1 Å². The summed E-state index contributed by atoms with van der Waals surface area (Å²) in [5, 5.41) is 7.24. The Morgan fingerprint density at radius 2 is 1.89 bits per heavy atom. The monoisotopic (exact) mass is 391 g/mol. The number of fused-ring (bicyclic) bond motifs is 1. The van der Waals surface area contributed by atoms with Gasteiger partial charge in [0.15, 0.2) is 0 Å². The van der Waals surface area contributed by atoms with Crippen LogP contribution in [-0.2, 0) is 25.7 Å². The van der Waals surface area contributed by atoms with Gasteiger partial charge in [-0.2, -0.15) is 18.3 Å². The van der Waals surface area contributed by atoms with Crippen molar-refractivity contribution < 1.29 is 13.2 Å². The van der Waals surface area contributed by atoms with Crippen molar-refractivity contribution in [2.24, 2.45) is 0 Å². The van der Waals surface area contributed by atoms with Crippen LogP contribution in [0, 0.1) is 0 Å². The molecule has 0 fully saturated rings. The quantitative estimate of drug-likeness (QED) is 0.636. The number of aromatic nitrogens is 4. The minimum absolute atomic E-state index is 0.336. The molecule has 0 bridgehead atoms. The van der Waals surface area contributed by atoms with E-state index in [2.05, 4.69) is 20.2 Å². The van der Waals surface area contributed by atoms with E-state index in [1.807, 2.05) is 4.90 Å². The lowest BCUT2D eigenvalue weighted by molar-refractivity contribution is -0.137. The minimum Gasteiger partial charge on any atom is -0.314 e. The summed E-state index contributed by atoms with van der Waals surface area (Å²) in [4.78, 5) is 29.7. The zero-order chi connectivity index (χ0) is 19.9. The van der Waals surface area contributed by atoms with Crippen LogP contribution in [-0.4, -0.2) is 31.6 Å². The Hall–Kier alpha value is -3.14. The Balaban J connectivity index is 1.58. The van der Waals surface area contributed by atoms with Crippen molar-refractivity contribution in [1.82, 2.24) is 25.1 Å². The van der Waals surface area contributed by atoms with Gasteiger partial charge < -0.3 is 4.98 Å². The van der Waals surface area contributed by atoms with E-state index in [1.54, 1.807) is 0 Å². The Bertz CT molecular complexity index is 1110. The second-order valence-electron chi connectivity index (χ2n) is 6.66. The molecule has 0 saturated heterocycles. The summed E-state index contributed by atoms with van der Waals surface area (Å²) in [7, 11) is 0. The van der Waals surface area contributed by atoms with Crippen molar-refractivity contribution in [3.8, 4) is 11.3 Å². The molecule has 146 valence electrons. The second kappa shape index (κ2) is 6.79. The fourth-order valence-electron chi connectivity index (χ4n) is 3.34. The van der Waals surface area contributed by atoms with Crippen molar-refractivity contribution in [3.63, 3.8) is 0 Å². The maximum atomic E-state index is 12.8. The van der Waals surface area contributed by atoms with E-state index in [0.717, 1.165) is 23.4 Å². The maximum absolute atomic E-state index is 12.8. The molecule has 1 aromatic carbocycles. The number of benzene rings is 1. The van der Waals surface area contributed by atoms with Gasteiger partial charge in [0.25, 0.3) is 5.56 Å². The standard InChI is InChI=1S/C18H16F3N5O2/c19-18(20,21)12-3-1-10(2-4-12)15-13-9-26(6-5-14(13)24-25-15)8-11-7-22-17(28)23-16(11)27/h1-4,7H,5-6,8-9H2,(H,24,25)(H2,22,23,27,28). The fraction of sp³-hybridized carbons (Fsp3) is 0.278. The van der Waals surface area contributed by atoms with E-state index in [1.165, 1.54) is 18.3 Å². The maximum Gasteiger partial charge on any atom is 0.416 e. The number of nitrogens with one attached hydrogen (secondary N) is 3. The molecule has 0 amide bonds. The third-order valence-electron chi connectivity index (χ3n) is 4.79. The van der Waals surface area contributed by atoms with E-state index in [-0.39, 0.29) is 0 Å². The molecular formula is C18H16F3N5O2. The van der Waals surface area contributed by atoms with E-state index in [4.69, 9.17) is 0 Å². The molecule has 0 atom stereocenters. The number of rotatable bonds is 3. The summed E-state index contributed by atoms with van der Waals surface area (Å²) in [6.07, 6.45) is -2.32. The third-order valence-corrected chi connectivity index (χ3v) is 4.79. The van der Waals surface area contributed by atoms with E-state index >= 15 is 0 Å². The molecule has 3 heterocycles. The average molecular weight is 391 g/mol. The molecule has 28 heavy (non-hydrogen) atoms. The molecule has 7 nitrogen and oxygen atoms in total. The SMILES string of the molecule is O=c1[nH]cc(CN2CCc3[nH]nc(-c4ccc(C(F)(F)F)cc4)c3C2)c(=O)[nH]1. The molecule has 1 aliphatic rings. The molecule has 0 saturated carbocycles. The number of halogens is 3. The van der Waals surface area contributed by atoms with Crippen LogP contribution in [0.4, 0.5) is 13.2 Å². The van der Waals surface area contributed by atoms with Gasteiger partial charge in [0.1, 0.15) is 0 Å². The van der Waals surface area contributed by atoms with Crippen molar-refractivity contribution in [2.75, 3.05) is 6.54 Å². The summed E-state index contributed by atoms with van der Waals surface area (Å²) < 4.78 is 38.3. The highest BCUT2D eigenvalue weighted by molar-refractivity contribution is 5.64. The molecule has 4 rings (SSSR count). The number of hydrogen-bond acceptors (Lipinski definition) is 4. The van der Waals surface area contributed by atoms with Crippen LogP contribution in [0.15, 0.2) is 40.1 Å². The van der Waals surface area contributed by atoms with Gasteiger partial charge in [0.05, 0.1) is 11.3 Å². The predicted octanol–water partition coefficient (Wildman–Crippen LogP) is 2.03. The van der Waals surface area contributed by atoms with Crippen molar-refractivity contribution in [1.29, 1.82) is 0 Å². The summed E-state index contributed by atoms with van der Waals surface area (Å²) in [5.41, 5.74) is 1.74. The topological polar surface area (TPSA) is 97.6 Å². The van der Waals surface area contributed by atoms with E-state index in [9.17, 15) is 22.8 Å². The first-order chi connectivity index (χ1) is 13.3. The van der Waals surface area contributed by atoms with Gasteiger partial charge in [0.2, 0.25) is 0 Å². The number of nitrogens with zero attached hydrogens (tertiary/aromatic N) is 2. The van der Waals surface area contributed by atoms with Crippen LogP contribution >= 0.6 is 0 Å². The molecule has 0 aliphatic carbocycles. The lowest BCUT2D eigenvalue weighted by Crippen LogP contribution is -2.34. The summed E-state index contributed by atoms with van der Waals surface area (Å²) >= 11 is 0. The van der Waals surface area contributed by atoms with Crippen LogP contribution in [0.3, 0.4) is 0 Å². The molecule has 10 heteroatoms. The van der Waals surface area contributed by atoms with Crippen LogP contribution in [0.25, 0.3) is 11.3 Å². The van der Waals surface area contributed by atoms with E-state index in [0.29, 0.717) is 42.9 Å². The summed E-state index contributed by atoms with van der Waals surface area (Å²) in [6, 6.07) is 4.89. The second-order valence-corrected chi connectivity index (χ2v) is 6.66. The average Bonchev–Trinajstić information content (AvgIpc) is 3.07. The van der Waals surface area contributed by atoms with Crippen LogP contribution < -0.4 is 11.2 Å². The highest BCUT2D eigenvalue weighted by atomic mass is 19.4. The first-order valence-electron chi connectivity index (χ1n) is 8.58. The van der Waals surface area contributed by atoms with Crippen LogP contribution in [0.5, 0.6) is 0 Å². The molecule has 3 N–H and O–H groups in total. The fourth-order valence-corrected chi connectivity index (χ4v) is 3.34. The first kappa shape index (κ1) is 18.2. The van der Waals surface area contributed by atoms with E-state index < -0.39 is 23.0 Å². The molecule has 0 unspecified atom stereocenters. The molecule has 2 aromatic heterocycles. The Morgan fingerprint density at radius 1 is 1.14 bits per heavy atom. The van der Waals surface area contributed by atoms with Crippen LogP contribution in [0.1, 0.15) is 22.4 Å². The van der Waals surface area contributed by atoms with Crippen LogP contribution in [0.2, 0.25) is 0 Å². The molecular weight excluding hydrogens is 375 g/mol. The van der Waals surface area contributed by atoms with Gasteiger partial charge in [-0.15, -0.1) is 0 Å². The normalized spacial score (nSPS) is 14.8. The lowest BCUT2D eigenvalue weighted by Gasteiger charge is -2.26. The first-order valence-corrected chi connectivity index (χ1v) is 8.58. The number of hydrogen-bond donors (Lipinski definition) is 3.